The zero-order valence-corrected chi connectivity index (χ0v) is 7.33. The Balaban J connectivity index is 2.95. The number of carbonyl (C=O) groups is 1. The number of nitrogens with zero attached hydrogens (tertiary/aromatic N) is 1. The molecule has 0 unspecified atom stereocenters. The van der Waals surface area contributed by atoms with Crippen LogP contribution in [0.15, 0.2) is 12.3 Å². The van der Waals surface area contributed by atoms with Crippen molar-refractivity contribution in [1.29, 1.82) is 0 Å². The second-order valence-corrected chi connectivity index (χ2v) is 2.60. The number of aromatic nitrogens is 1. The molecule has 0 atom stereocenters. The van der Waals surface area contributed by atoms with Crippen molar-refractivity contribution in [3.8, 4) is 5.88 Å². The van der Waals surface area contributed by atoms with Crippen LogP contribution in [0.1, 0.15) is 10.4 Å². The summed E-state index contributed by atoms with van der Waals surface area (Å²) in [6.07, 6.45) is 0.881. The lowest BCUT2D eigenvalue weighted by Gasteiger charge is -2.04. The summed E-state index contributed by atoms with van der Waals surface area (Å²) in [5.74, 6) is -1.74. The Bertz CT molecular complexity index is 359. The van der Waals surface area contributed by atoms with Crippen molar-refractivity contribution < 1.29 is 23.4 Å². The minimum atomic E-state index is -3.05. The Morgan fingerprint density at radius 1 is 1.64 bits per heavy atom. The zero-order valence-electron chi connectivity index (χ0n) is 6.58. The third-order valence-electron chi connectivity index (χ3n) is 1.26. The Kier molecular flexibility index (Phi) is 3.19. The number of carboxylic acids is 1. The van der Waals surface area contributed by atoms with Gasteiger partial charge >= 0.3 is 12.6 Å². The first-order valence-electron chi connectivity index (χ1n) is 3.34. The van der Waals surface area contributed by atoms with Crippen molar-refractivity contribution in [1.82, 2.24) is 4.98 Å². The van der Waals surface area contributed by atoms with Crippen molar-refractivity contribution >= 4 is 17.6 Å². The lowest BCUT2D eigenvalue weighted by Crippen LogP contribution is -2.05. The zero-order chi connectivity index (χ0) is 10.7. The maximum absolute atomic E-state index is 11.7. The lowest BCUT2D eigenvalue weighted by molar-refractivity contribution is -0.0527. The molecule has 7 heteroatoms. The molecule has 0 bridgehead atoms. The van der Waals surface area contributed by atoms with E-state index in [1.165, 1.54) is 0 Å². The molecule has 0 radical (unpaired) electrons. The van der Waals surface area contributed by atoms with E-state index in [0.29, 0.717) is 0 Å². The Hall–Kier alpha value is -1.43. The maximum atomic E-state index is 11.7. The Morgan fingerprint density at radius 2 is 2.29 bits per heavy atom. The highest BCUT2D eigenvalue weighted by atomic mass is 35.5. The van der Waals surface area contributed by atoms with Gasteiger partial charge in [0.2, 0.25) is 5.88 Å². The molecule has 0 amide bonds. The molecule has 0 aliphatic rings. The third kappa shape index (κ3) is 2.53. The van der Waals surface area contributed by atoms with Gasteiger partial charge in [-0.05, 0) is 6.07 Å². The molecule has 0 fully saturated rings. The molecule has 1 aromatic heterocycles. The minimum Gasteiger partial charge on any atom is -0.478 e. The van der Waals surface area contributed by atoms with E-state index in [9.17, 15) is 13.6 Å². The second kappa shape index (κ2) is 4.19. The third-order valence-corrected chi connectivity index (χ3v) is 1.53. The second-order valence-electron chi connectivity index (χ2n) is 2.19. The van der Waals surface area contributed by atoms with Crippen LogP contribution in [0.25, 0.3) is 0 Å². The van der Waals surface area contributed by atoms with Gasteiger partial charge in [0, 0.05) is 6.20 Å². The van der Waals surface area contributed by atoms with Crippen LogP contribution in [0.2, 0.25) is 5.02 Å². The summed E-state index contributed by atoms with van der Waals surface area (Å²) in [4.78, 5) is 13.7. The molecule has 1 N–H and O–H groups in total. The molecule has 0 aliphatic carbocycles. The van der Waals surface area contributed by atoms with Crippen LogP contribution in [0.3, 0.4) is 0 Å². The number of rotatable bonds is 3. The lowest BCUT2D eigenvalue weighted by atomic mass is 10.3. The molecule has 1 aromatic rings. The van der Waals surface area contributed by atoms with Crippen molar-refractivity contribution in [2.45, 2.75) is 6.61 Å². The van der Waals surface area contributed by atoms with Gasteiger partial charge in [0.25, 0.3) is 0 Å². The van der Waals surface area contributed by atoms with E-state index in [2.05, 4.69) is 9.72 Å². The number of halogens is 3. The summed E-state index contributed by atoms with van der Waals surface area (Å²) in [5, 5.41) is 8.22. The highest BCUT2D eigenvalue weighted by Gasteiger charge is 2.12. The molecular weight excluding hydrogens is 220 g/mol. The summed E-state index contributed by atoms with van der Waals surface area (Å²) in [6.45, 7) is -3.05. The largest absolute Gasteiger partial charge is 0.478 e. The van der Waals surface area contributed by atoms with Gasteiger partial charge in [-0.15, -0.1) is 0 Å². The normalized spacial score (nSPS) is 10.3. The molecule has 1 rings (SSSR count). The first-order valence-corrected chi connectivity index (χ1v) is 3.72. The molecule has 0 saturated heterocycles. The molecule has 1 heterocycles. The number of ether oxygens (including phenoxy) is 1. The molecule has 14 heavy (non-hydrogen) atoms. The van der Waals surface area contributed by atoms with E-state index in [0.717, 1.165) is 12.3 Å². The first kappa shape index (κ1) is 10.6. The number of hydrogen-bond acceptors (Lipinski definition) is 3. The van der Waals surface area contributed by atoms with Crippen LogP contribution in [0.5, 0.6) is 5.88 Å². The van der Waals surface area contributed by atoms with E-state index in [-0.39, 0.29) is 10.6 Å². The van der Waals surface area contributed by atoms with E-state index < -0.39 is 18.5 Å². The fourth-order valence-electron chi connectivity index (χ4n) is 0.713. The smallest absolute Gasteiger partial charge is 0.388 e. The summed E-state index contributed by atoms with van der Waals surface area (Å²) in [6, 6.07) is 0.981. The predicted molar refractivity (Wildman–Crippen MR) is 42.8 cm³/mol. The summed E-state index contributed by atoms with van der Waals surface area (Å²) in [7, 11) is 0. The van der Waals surface area contributed by atoms with E-state index in [4.69, 9.17) is 16.7 Å². The Labute approximate surface area is 82.1 Å². The van der Waals surface area contributed by atoms with Crippen LogP contribution < -0.4 is 4.74 Å². The topological polar surface area (TPSA) is 59.4 Å². The standard InChI is InChI=1S/C7H4ClF2NO3/c8-4-1-3(6(12)13)2-11-5(4)14-7(9)10/h1-2,7H,(H,12,13). The van der Waals surface area contributed by atoms with Crippen LogP contribution in [0, 0.1) is 0 Å². The molecule has 0 saturated carbocycles. The molecular formula is C7H4ClF2NO3. The van der Waals surface area contributed by atoms with Gasteiger partial charge < -0.3 is 9.84 Å². The van der Waals surface area contributed by atoms with Gasteiger partial charge in [0.05, 0.1) is 5.56 Å². The van der Waals surface area contributed by atoms with E-state index in [1.54, 1.807) is 0 Å². The minimum absolute atomic E-state index is 0.198. The molecule has 4 nitrogen and oxygen atoms in total. The quantitative estimate of drug-likeness (QED) is 0.852. The SMILES string of the molecule is O=C(O)c1cnc(OC(F)F)c(Cl)c1. The maximum Gasteiger partial charge on any atom is 0.388 e. The van der Waals surface area contributed by atoms with Crippen molar-refractivity contribution in [3.05, 3.63) is 22.8 Å². The number of hydrogen-bond donors (Lipinski definition) is 1. The van der Waals surface area contributed by atoms with E-state index >= 15 is 0 Å². The van der Waals surface area contributed by atoms with Crippen LogP contribution >= 0.6 is 11.6 Å². The number of carboxylic acid groups (broad SMARTS) is 1. The van der Waals surface area contributed by atoms with Gasteiger partial charge in [0.15, 0.2) is 0 Å². The van der Waals surface area contributed by atoms with Crippen LogP contribution in [0.4, 0.5) is 8.78 Å². The highest BCUT2D eigenvalue weighted by Crippen LogP contribution is 2.23. The van der Waals surface area contributed by atoms with Gasteiger partial charge in [-0.1, -0.05) is 11.6 Å². The Morgan fingerprint density at radius 3 is 2.71 bits per heavy atom. The molecule has 0 aromatic carbocycles. The predicted octanol–water partition coefficient (Wildman–Crippen LogP) is 2.03. The number of alkyl halides is 2. The van der Waals surface area contributed by atoms with Crippen molar-refractivity contribution in [2.24, 2.45) is 0 Å². The molecule has 0 aliphatic heterocycles. The average molecular weight is 224 g/mol. The summed E-state index contributed by atoms with van der Waals surface area (Å²) in [5.41, 5.74) is -0.198. The van der Waals surface area contributed by atoms with Gasteiger partial charge in [-0.2, -0.15) is 8.78 Å². The summed E-state index contributed by atoms with van der Waals surface area (Å²) < 4.78 is 27.4. The summed E-state index contributed by atoms with van der Waals surface area (Å²) >= 11 is 5.43. The number of aromatic carboxylic acids is 1. The van der Waals surface area contributed by atoms with Gasteiger partial charge in [-0.3, -0.25) is 0 Å². The van der Waals surface area contributed by atoms with Crippen molar-refractivity contribution in [2.75, 3.05) is 0 Å². The monoisotopic (exact) mass is 223 g/mol. The average Bonchev–Trinajstić information content (AvgIpc) is 2.07. The van der Waals surface area contributed by atoms with Crippen LogP contribution in [-0.2, 0) is 0 Å². The van der Waals surface area contributed by atoms with Gasteiger partial charge in [0.1, 0.15) is 5.02 Å². The van der Waals surface area contributed by atoms with Gasteiger partial charge in [-0.25, -0.2) is 9.78 Å². The molecule has 0 spiro atoms. The number of pyridine rings is 1. The fraction of sp³-hybridized carbons (Fsp3) is 0.143. The van der Waals surface area contributed by atoms with Crippen molar-refractivity contribution in [3.63, 3.8) is 0 Å². The fourth-order valence-corrected chi connectivity index (χ4v) is 0.924. The molecule has 76 valence electrons. The van der Waals surface area contributed by atoms with E-state index in [1.807, 2.05) is 0 Å². The highest BCUT2D eigenvalue weighted by molar-refractivity contribution is 6.32. The van der Waals surface area contributed by atoms with Crippen LogP contribution in [-0.4, -0.2) is 22.7 Å². The first-order chi connectivity index (χ1) is 6.50.